The molecule has 0 saturated heterocycles. The minimum atomic E-state index is 0.808. The van der Waals surface area contributed by atoms with Gasteiger partial charge in [-0.2, -0.15) is 0 Å². The predicted molar refractivity (Wildman–Crippen MR) is 30.6 cm³/mol. The van der Waals surface area contributed by atoms with Crippen LogP contribution in [-0.2, 0) is 0 Å². The van der Waals surface area contributed by atoms with Crippen molar-refractivity contribution >= 4 is 5.87 Å². The molecule has 0 unspecified atom stereocenters. The second-order valence-electron chi connectivity index (χ2n) is 1.56. The first-order valence-corrected chi connectivity index (χ1v) is 2.31. The average Bonchev–Trinajstić information content (AvgIpc) is 1.69. The maximum Gasteiger partial charge on any atom is 0.0670 e. The summed E-state index contributed by atoms with van der Waals surface area (Å²) >= 11 is 0. The van der Waals surface area contributed by atoms with Gasteiger partial charge in [0.05, 0.1) is 6.54 Å². The maximum absolute atomic E-state index is 3.85. The Morgan fingerprint density at radius 3 is 3.00 bits per heavy atom. The Hall–Kier alpha value is -0.810. The first-order chi connectivity index (χ1) is 3.39. The monoisotopic (exact) mass is 93.1 g/mol. The van der Waals surface area contributed by atoms with Crippen molar-refractivity contribution in [3.63, 3.8) is 0 Å². The van der Waals surface area contributed by atoms with Crippen molar-refractivity contribution in [1.82, 2.24) is 0 Å². The maximum atomic E-state index is 3.85. The van der Waals surface area contributed by atoms with Gasteiger partial charge in [0.2, 0.25) is 0 Å². The molecule has 0 atom stereocenters. The Kier molecular flexibility index (Phi) is 1.10. The van der Waals surface area contributed by atoms with E-state index in [0.717, 1.165) is 6.54 Å². The topological polar surface area (TPSA) is 12.4 Å². The molecule has 0 fully saturated rings. The lowest BCUT2D eigenvalue weighted by Gasteiger charge is -1.89. The predicted octanol–water partition coefficient (Wildman–Crippen LogP) is 1.17. The summed E-state index contributed by atoms with van der Waals surface area (Å²) < 4.78 is 0. The van der Waals surface area contributed by atoms with Crippen molar-refractivity contribution in [2.24, 2.45) is 4.99 Å². The summed E-state index contributed by atoms with van der Waals surface area (Å²) in [6.45, 7) is 2.85. The normalized spacial score (nSPS) is 17.0. The fourth-order valence-electron chi connectivity index (χ4n) is 0.449. The van der Waals surface area contributed by atoms with E-state index in [-0.39, 0.29) is 0 Å². The molecule has 0 aromatic rings. The van der Waals surface area contributed by atoms with E-state index in [4.69, 9.17) is 0 Å². The van der Waals surface area contributed by atoms with Crippen LogP contribution in [-0.4, -0.2) is 12.4 Å². The van der Waals surface area contributed by atoms with E-state index in [0.29, 0.717) is 0 Å². The number of rotatable bonds is 0. The van der Waals surface area contributed by atoms with Gasteiger partial charge in [-0.05, 0) is 18.4 Å². The van der Waals surface area contributed by atoms with Gasteiger partial charge in [0, 0.05) is 6.08 Å². The molecule has 36 valence electrons. The third-order valence-corrected chi connectivity index (χ3v) is 0.888. The van der Waals surface area contributed by atoms with Crippen LogP contribution >= 0.6 is 0 Å². The van der Waals surface area contributed by atoms with Crippen LogP contribution in [0, 0.1) is 0 Å². The zero-order chi connectivity index (χ0) is 5.11. The van der Waals surface area contributed by atoms with Gasteiger partial charge in [-0.15, -0.1) is 0 Å². The standard InChI is InChI=1S/C6H7N/c1-6-2-4-7-5-3-6/h2-3H,4H2,1H3. The van der Waals surface area contributed by atoms with E-state index >= 15 is 0 Å². The molecule has 1 aliphatic rings. The van der Waals surface area contributed by atoms with Crippen LogP contribution < -0.4 is 0 Å². The van der Waals surface area contributed by atoms with Gasteiger partial charge >= 0.3 is 0 Å². The SMILES string of the molecule is CC1=CCN=C=C1. The van der Waals surface area contributed by atoms with Crippen molar-refractivity contribution < 1.29 is 0 Å². The Labute approximate surface area is 43.1 Å². The molecule has 0 aromatic heterocycles. The molecular formula is C6H7N. The van der Waals surface area contributed by atoms with Gasteiger partial charge in [-0.1, -0.05) is 6.08 Å². The molecule has 1 rings (SSSR count). The van der Waals surface area contributed by atoms with Gasteiger partial charge in [-0.25, -0.2) is 4.99 Å². The van der Waals surface area contributed by atoms with Gasteiger partial charge in [0.15, 0.2) is 0 Å². The Morgan fingerprint density at radius 2 is 2.71 bits per heavy atom. The molecule has 0 radical (unpaired) electrons. The summed E-state index contributed by atoms with van der Waals surface area (Å²) in [7, 11) is 0. The molecule has 1 nitrogen and oxygen atoms in total. The zero-order valence-electron chi connectivity index (χ0n) is 4.31. The van der Waals surface area contributed by atoms with Crippen LogP contribution in [0.1, 0.15) is 6.92 Å². The van der Waals surface area contributed by atoms with Crippen LogP contribution in [0.4, 0.5) is 0 Å². The number of nitrogens with zero attached hydrogens (tertiary/aromatic N) is 1. The molecule has 0 aromatic carbocycles. The highest BCUT2D eigenvalue weighted by Crippen LogP contribution is 1.93. The molecule has 0 bridgehead atoms. The quantitative estimate of drug-likeness (QED) is 0.426. The zero-order valence-corrected chi connectivity index (χ0v) is 4.31. The lowest BCUT2D eigenvalue weighted by molar-refractivity contribution is 1.22. The molecule has 1 heteroatoms. The minimum Gasteiger partial charge on any atom is -0.239 e. The smallest absolute Gasteiger partial charge is 0.0670 e. The molecule has 1 heterocycles. The summed E-state index contributed by atoms with van der Waals surface area (Å²) in [6.07, 6.45) is 3.94. The fourth-order valence-corrected chi connectivity index (χ4v) is 0.449. The van der Waals surface area contributed by atoms with Crippen LogP contribution in [0.15, 0.2) is 22.7 Å². The van der Waals surface area contributed by atoms with Gasteiger partial charge < -0.3 is 0 Å². The van der Waals surface area contributed by atoms with Gasteiger partial charge in [-0.3, -0.25) is 0 Å². The van der Waals surface area contributed by atoms with Crippen molar-refractivity contribution in [1.29, 1.82) is 0 Å². The van der Waals surface area contributed by atoms with Crippen molar-refractivity contribution in [2.75, 3.05) is 6.54 Å². The van der Waals surface area contributed by atoms with E-state index < -0.39 is 0 Å². The molecule has 0 amide bonds. The third kappa shape index (κ3) is 1.02. The highest BCUT2D eigenvalue weighted by molar-refractivity contribution is 5.58. The Morgan fingerprint density at radius 1 is 1.86 bits per heavy atom. The second kappa shape index (κ2) is 1.76. The first kappa shape index (κ1) is 4.35. The summed E-state index contributed by atoms with van der Waals surface area (Å²) in [4.78, 5) is 3.85. The lowest BCUT2D eigenvalue weighted by Crippen LogP contribution is -1.80. The third-order valence-electron chi connectivity index (χ3n) is 0.888. The molecule has 0 saturated carbocycles. The average molecular weight is 93.1 g/mol. The van der Waals surface area contributed by atoms with Crippen LogP contribution in [0.2, 0.25) is 0 Å². The Bertz CT molecular complexity index is 148. The van der Waals surface area contributed by atoms with Gasteiger partial charge in [0.25, 0.3) is 0 Å². The number of allylic oxidation sites excluding steroid dienone is 2. The molecule has 0 spiro atoms. The van der Waals surface area contributed by atoms with E-state index in [1.165, 1.54) is 5.57 Å². The van der Waals surface area contributed by atoms with Crippen molar-refractivity contribution in [3.05, 3.63) is 17.7 Å². The summed E-state index contributed by atoms with van der Waals surface area (Å²) in [5.74, 6) is 2.77. The van der Waals surface area contributed by atoms with Crippen molar-refractivity contribution in [3.8, 4) is 0 Å². The van der Waals surface area contributed by atoms with Crippen molar-refractivity contribution in [2.45, 2.75) is 6.92 Å². The van der Waals surface area contributed by atoms with E-state index in [9.17, 15) is 0 Å². The highest BCUT2D eigenvalue weighted by atomic mass is 14.7. The summed E-state index contributed by atoms with van der Waals surface area (Å²) in [5.41, 5.74) is 1.26. The molecule has 0 aliphatic carbocycles. The summed E-state index contributed by atoms with van der Waals surface area (Å²) in [6, 6.07) is 0. The van der Waals surface area contributed by atoms with Crippen LogP contribution in [0.3, 0.4) is 0 Å². The number of hydrogen-bond donors (Lipinski definition) is 0. The van der Waals surface area contributed by atoms with Crippen LogP contribution in [0.5, 0.6) is 0 Å². The molecule has 0 N–H and O–H groups in total. The van der Waals surface area contributed by atoms with E-state index in [1.807, 2.05) is 13.0 Å². The highest BCUT2D eigenvalue weighted by Gasteiger charge is 1.81. The largest absolute Gasteiger partial charge is 0.239 e. The van der Waals surface area contributed by atoms with E-state index in [1.54, 1.807) is 0 Å². The Balaban J connectivity index is 2.82. The molecular weight excluding hydrogens is 86.1 g/mol. The molecule has 1 aliphatic heterocycles. The lowest BCUT2D eigenvalue weighted by atomic mass is 10.2. The second-order valence-corrected chi connectivity index (χ2v) is 1.56. The van der Waals surface area contributed by atoms with Crippen LogP contribution in [0.25, 0.3) is 0 Å². The first-order valence-electron chi connectivity index (χ1n) is 2.31. The fraction of sp³-hybridized carbons (Fsp3) is 0.333. The number of aliphatic imine (C=N–C) groups is 1. The minimum absolute atomic E-state index is 0.808. The summed E-state index contributed by atoms with van der Waals surface area (Å²) in [5, 5.41) is 0. The molecule has 7 heavy (non-hydrogen) atoms. The van der Waals surface area contributed by atoms with Gasteiger partial charge in [0.1, 0.15) is 0 Å². The van der Waals surface area contributed by atoms with E-state index in [2.05, 4.69) is 16.9 Å². The number of hydrogen-bond acceptors (Lipinski definition) is 1.